The molecule has 0 bridgehead atoms. The molecule has 2 rings (SSSR count). The number of hydrogen-bond donors (Lipinski definition) is 1. The summed E-state index contributed by atoms with van der Waals surface area (Å²) in [7, 11) is -3.90. The van der Waals surface area contributed by atoms with E-state index in [1.54, 1.807) is 0 Å². The maximum absolute atomic E-state index is 13.2. The summed E-state index contributed by atoms with van der Waals surface area (Å²) in [4.78, 5) is 11.6. The van der Waals surface area contributed by atoms with Crippen molar-refractivity contribution in [3.05, 3.63) is 34.1 Å². The molecule has 0 aromatic heterocycles. The zero-order chi connectivity index (χ0) is 16.9. The van der Waals surface area contributed by atoms with Crippen LogP contribution in [0.4, 0.5) is 10.1 Å². The molecule has 1 aliphatic rings. The topological polar surface area (TPSA) is 102 Å². The normalized spacial score (nSPS) is 16.4. The van der Waals surface area contributed by atoms with E-state index < -0.39 is 26.5 Å². The number of rotatable bonds is 7. The molecule has 8 nitrogen and oxygen atoms in total. The Morgan fingerprint density at radius 2 is 2.04 bits per heavy atom. The Bertz CT molecular complexity index is 662. The van der Waals surface area contributed by atoms with Gasteiger partial charge in [0, 0.05) is 25.7 Å². The summed E-state index contributed by atoms with van der Waals surface area (Å²) < 4.78 is 45.0. The molecule has 23 heavy (non-hydrogen) atoms. The first-order valence-electron chi connectivity index (χ1n) is 7.14. The molecule has 0 aliphatic carbocycles. The molecule has 0 atom stereocenters. The van der Waals surface area contributed by atoms with Gasteiger partial charge in [0.1, 0.15) is 0 Å². The van der Waals surface area contributed by atoms with E-state index in [-0.39, 0.29) is 11.4 Å². The number of benzene rings is 1. The number of morpholine rings is 1. The molecule has 1 N–H and O–H groups in total. The van der Waals surface area contributed by atoms with Gasteiger partial charge in [0.15, 0.2) is 0 Å². The Kier molecular flexibility index (Phi) is 5.99. The number of halogens is 1. The van der Waals surface area contributed by atoms with Crippen LogP contribution in [0.1, 0.15) is 6.42 Å². The van der Waals surface area contributed by atoms with Crippen molar-refractivity contribution in [1.29, 1.82) is 0 Å². The fraction of sp³-hybridized carbons (Fsp3) is 0.538. The highest BCUT2D eigenvalue weighted by atomic mass is 32.2. The van der Waals surface area contributed by atoms with Crippen LogP contribution in [0, 0.1) is 15.9 Å². The third kappa shape index (κ3) is 4.93. The van der Waals surface area contributed by atoms with Gasteiger partial charge < -0.3 is 4.74 Å². The molecule has 0 spiro atoms. The zero-order valence-corrected chi connectivity index (χ0v) is 13.2. The summed E-state index contributed by atoms with van der Waals surface area (Å²) in [6, 6.07) is 2.51. The lowest BCUT2D eigenvalue weighted by Gasteiger charge is -2.26. The Hall–Kier alpha value is -1.62. The van der Waals surface area contributed by atoms with Gasteiger partial charge in [0.05, 0.1) is 23.0 Å². The van der Waals surface area contributed by atoms with Gasteiger partial charge in [-0.15, -0.1) is 0 Å². The molecule has 0 radical (unpaired) electrons. The van der Waals surface area contributed by atoms with Gasteiger partial charge in [-0.1, -0.05) is 0 Å². The minimum atomic E-state index is -3.90. The minimum absolute atomic E-state index is 0.199. The molecule has 1 saturated heterocycles. The van der Waals surface area contributed by atoms with Crippen molar-refractivity contribution < 1.29 is 22.5 Å². The number of nitro benzene ring substituents is 1. The van der Waals surface area contributed by atoms with E-state index in [4.69, 9.17) is 4.74 Å². The number of hydrogen-bond acceptors (Lipinski definition) is 6. The Labute approximate surface area is 133 Å². The Morgan fingerprint density at radius 1 is 1.35 bits per heavy atom. The van der Waals surface area contributed by atoms with E-state index in [0.29, 0.717) is 19.6 Å². The zero-order valence-electron chi connectivity index (χ0n) is 12.4. The highest BCUT2D eigenvalue weighted by Crippen LogP contribution is 2.21. The summed E-state index contributed by atoms with van der Waals surface area (Å²) in [5, 5.41) is 10.7. The van der Waals surface area contributed by atoms with Crippen molar-refractivity contribution >= 4 is 15.7 Å². The third-order valence-electron chi connectivity index (χ3n) is 3.47. The first-order valence-corrected chi connectivity index (χ1v) is 8.62. The third-order valence-corrected chi connectivity index (χ3v) is 4.93. The Morgan fingerprint density at radius 3 is 2.70 bits per heavy atom. The maximum atomic E-state index is 13.2. The van der Waals surface area contributed by atoms with Crippen LogP contribution in [-0.2, 0) is 14.8 Å². The predicted molar refractivity (Wildman–Crippen MR) is 80.1 cm³/mol. The largest absolute Gasteiger partial charge is 0.379 e. The van der Waals surface area contributed by atoms with E-state index >= 15 is 0 Å². The van der Waals surface area contributed by atoms with E-state index in [9.17, 15) is 22.9 Å². The van der Waals surface area contributed by atoms with Gasteiger partial charge in [-0.25, -0.2) is 13.1 Å². The number of sulfonamides is 1. The van der Waals surface area contributed by atoms with Crippen molar-refractivity contribution in [3.63, 3.8) is 0 Å². The first kappa shape index (κ1) is 17.7. The van der Waals surface area contributed by atoms with Crippen molar-refractivity contribution in [2.75, 3.05) is 39.4 Å². The van der Waals surface area contributed by atoms with Gasteiger partial charge in [0.2, 0.25) is 15.8 Å². The van der Waals surface area contributed by atoms with Gasteiger partial charge in [0.25, 0.3) is 0 Å². The maximum Gasteiger partial charge on any atom is 0.306 e. The summed E-state index contributed by atoms with van der Waals surface area (Å²) in [6.07, 6.45) is 0.600. The fourth-order valence-electron chi connectivity index (χ4n) is 2.22. The second kappa shape index (κ2) is 7.77. The van der Waals surface area contributed by atoms with Crippen LogP contribution in [0.15, 0.2) is 23.1 Å². The summed E-state index contributed by atoms with van der Waals surface area (Å²) >= 11 is 0. The molecular weight excluding hydrogens is 329 g/mol. The molecule has 0 unspecified atom stereocenters. The van der Waals surface area contributed by atoms with E-state index in [2.05, 4.69) is 9.62 Å². The molecule has 1 aromatic carbocycles. The number of nitrogens with one attached hydrogen (secondary N) is 1. The van der Waals surface area contributed by atoms with Crippen LogP contribution in [0.5, 0.6) is 0 Å². The van der Waals surface area contributed by atoms with Crippen LogP contribution in [0.3, 0.4) is 0 Å². The molecule has 1 heterocycles. The lowest BCUT2D eigenvalue weighted by molar-refractivity contribution is -0.387. The molecular formula is C13H18FN3O5S. The Balaban J connectivity index is 1.91. The smallest absolute Gasteiger partial charge is 0.306 e. The van der Waals surface area contributed by atoms with Crippen molar-refractivity contribution in [2.45, 2.75) is 11.3 Å². The molecule has 10 heteroatoms. The van der Waals surface area contributed by atoms with Crippen LogP contribution in [0.2, 0.25) is 0 Å². The minimum Gasteiger partial charge on any atom is -0.379 e. The molecule has 1 aromatic rings. The van der Waals surface area contributed by atoms with Gasteiger partial charge in [-0.2, -0.15) is 4.39 Å². The summed E-state index contributed by atoms with van der Waals surface area (Å²) in [6.45, 7) is 3.91. The number of ether oxygens (including phenoxy) is 1. The van der Waals surface area contributed by atoms with E-state index in [1.165, 1.54) is 0 Å². The molecule has 1 aliphatic heterocycles. The van der Waals surface area contributed by atoms with Crippen LogP contribution >= 0.6 is 0 Å². The molecule has 1 fully saturated rings. The van der Waals surface area contributed by atoms with E-state index in [1.807, 2.05) is 0 Å². The molecule has 128 valence electrons. The second-order valence-electron chi connectivity index (χ2n) is 5.08. The average Bonchev–Trinajstić information content (AvgIpc) is 2.52. The highest BCUT2D eigenvalue weighted by Gasteiger charge is 2.21. The second-order valence-corrected chi connectivity index (χ2v) is 6.84. The van der Waals surface area contributed by atoms with E-state index in [0.717, 1.165) is 37.8 Å². The van der Waals surface area contributed by atoms with Gasteiger partial charge in [-0.05, 0) is 25.1 Å². The SMILES string of the molecule is O=[N+]([O-])c1cc(S(=O)(=O)NCCCN2CCOCC2)ccc1F. The van der Waals surface area contributed by atoms with Crippen LogP contribution < -0.4 is 4.72 Å². The molecule has 0 saturated carbocycles. The average molecular weight is 347 g/mol. The molecule has 0 amide bonds. The van der Waals surface area contributed by atoms with Gasteiger partial charge in [-0.3, -0.25) is 15.0 Å². The summed E-state index contributed by atoms with van der Waals surface area (Å²) in [5.74, 6) is -1.07. The first-order chi connectivity index (χ1) is 10.9. The van der Waals surface area contributed by atoms with Crippen LogP contribution in [0.25, 0.3) is 0 Å². The van der Waals surface area contributed by atoms with Crippen molar-refractivity contribution in [3.8, 4) is 0 Å². The van der Waals surface area contributed by atoms with Gasteiger partial charge >= 0.3 is 5.69 Å². The van der Waals surface area contributed by atoms with Crippen LogP contribution in [-0.4, -0.2) is 57.6 Å². The lowest BCUT2D eigenvalue weighted by atomic mass is 10.3. The fourth-order valence-corrected chi connectivity index (χ4v) is 3.31. The number of nitro groups is 1. The monoisotopic (exact) mass is 347 g/mol. The van der Waals surface area contributed by atoms with Crippen molar-refractivity contribution in [2.24, 2.45) is 0 Å². The number of nitrogens with zero attached hydrogens (tertiary/aromatic N) is 2. The predicted octanol–water partition coefficient (Wildman–Crippen LogP) is 0.735. The highest BCUT2D eigenvalue weighted by molar-refractivity contribution is 7.89. The van der Waals surface area contributed by atoms with Crippen molar-refractivity contribution in [1.82, 2.24) is 9.62 Å². The quantitative estimate of drug-likeness (QED) is 0.443. The summed E-state index contributed by atoms with van der Waals surface area (Å²) in [5.41, 5.74) is -0.860. The lowest BCUT2D eigenvalue weighted by Crippen LogP contribution is -2.38. The standard InChI is InChI=1S/C13H18FN3O5S/c14-12-3-2-11(10-13(12)17(18)19)23(20,21)15-4-1-5-16-6-8-22-9-7-16/h2-3,10,15H,1,4-9H2.